The number of sulfonamides is 1. The first-order valence-electron chi connectivity index (χ1n) is 13.0. The van der Waals surface area contributed by atoms with Gasteiger partial charge in [-0.3, -0.25) is 13.9 Å². The zero-order valence-electron chi connectivity index (χ0n) is 23.7. The zero-order chi connectivity index (χ0) is 30.4. The number of anilines is 1. The second kappa shape index (κ2) is 13.6. The summed E-state index contributed by atoms with van der Waals surface area (Å²) in [5.74, 6) is -0.699. The summed E-state index contributed by atoms with van der Waals surface area (Å²) in [4.78, 5) is 29.0. The van der Waals surface area contributed by atoms with Crippen molar-refractivity contribution in [2.24, 2.45) is 0 Å². The zero-order valence-corrected chi connectivity index (χ0v) is 26.1. The van der Waals surface area contributed by atoms with E-state index in [1.165, 1.54) is 24.1 Å². The standard InChI is InChI=1S/C30H35Cl2N3O5S/c1-6-25(29(37)33-30(2,3)4)34(19-21-16-17-22(31)18-24(21)32)28(36)20-35(26-14-10-11-15-27(26)40-5)41(38,39)23-12-8-7-9-13-23/h7-18,25H,6,19-20H2,1-5H3,(H,33,37)/t25-/m1/s1. The van der Waals surface area contributed by atoms with Gasteiger partial charge in [0.25, 0.3) is 10.0 Å². The molecule has 3 rings (SSSR count). The van der Waals surface area contributed by atoms with Crippen molar-refractivity contribution in [2.45, 2.75) is 57.1 Å². The van der Waals surface area contributed by atoms with Crippen molar-refractivity contribution in [2.75, 3.05) is 18.0 Å². The van der Waals surface area contributed by atoms with Crippen LogP contribution in [0.2, 0.25) is 10.0 Å². The van der Waals surface area contributed by atoms with Gasteiger partial charge >= 0.3 is 0 Å². The minimum Gasteiger partial charge on any atom is -0.495 e. The lowest BCUT2D eigenvalue weighted by atomic mass is 10.1. The number of amides is 2. The van der Waals surface area contributed by atoms with Crippen molar-refractivity contribution in [3.63, 3.8) is 0 Å². The fourth-order valence-corrected chi connectivity index (χ4v) is 6.19. The van der Waals surface area contributed by atoms with Gasteiger partial charge < -0.3 is 15.0 Å². The second-order valence-corrected chi connectivity index (χ2v) is 13.1. The Balaban J connectivity index is 2.12. The fraction of sp³-hybridized carbons (Fsp3) is 0.333. The highest BCUT2D eigenvalue weighted by atomic mass is 35.5. The average Bonchev–Trinajstić information content (AvgIpc) is 2.92. The molecule has 0 radical (unpaired) electrons. The molecule has 2 amide bonds. The van der Waals surface area contributed by atoms with Crippen molar-refractivity contribution in [3.05, 3.63) is 88.4 Å². The summed E-state index contributed by atoms with van der Waals surface area (Å²) in [5, 5.41) is 3.68. The van der Waals surface area contributed by atoms with Crippen LogP contribution in [0.3, 0.4) is 0 Å². The molecule has 3 aromatic rings. The first kappa shape index (κ1) is 32.2. The lowest BCUT2D eigenvalue weighted by molar-refractivity contribution is -0.141. The molecule has 1 atom stereocenters. The summed E-state index contributed by atoms with van der Waals surface area (Å²) >= 11 is 12.5. The molecule has 0 unspecified atom stereocenters. The van der Waals surface area contributed by atoms with Crippen LogP contribution in [-0.2, 0) is 26.2 Å². The van der Waals surface area contributed by atoms with Gasteiger partial charge in [-0.1, -0.05) is 66.5 Å². The Bertz CT molecular complexity index is 1480. The first-order valence-corrected chi connectivity index (χ1v) is 15.2. The summed E-state index contributed by atoms with van der Waals surface area (Å²) in [5.41, 5.74) is 0.182. The number of nitrogens with zero attached hydrogens (tertiary/aromatic N) is 2. The Morgan fingerprint density at radius 3 is 2.20 bits per heavy atom. The predicted molar refractivity (Wildman–Crippen MR) is 163 cm³/mol. The van der Waals surface area contributed by atoms with E-state index in [4.69, 9.17) is 27.9 Å². The Morgan fingerprint density at radius 2 is 1.61 bits per heavy atom. The van der Waals surface area contributed by atoms with E-state index in [2.05, 4.69) is 5.32 Å². The molecule has 0 spiro atoms. The molecule has 3 aromatic carbocycles. The number of halogens is 2. The van der Waals surface area contributed by atoms with E-state index < -0.39 is 34.1 Å². The topological polar surface area (TPSA) is 96.0 Å². The van der Waals surface area contributed by atoms with Crippen molar-refractivity contribution >= 4 is 50.7 Å². The van der Waals surface area contributed by atoms with Gasteiger partial charge in [0.2, 0.25) is 11.8 Å². The molecule has 0 saturated carbocycles. The summed E-state index contributed by atoms with van der Waals surface area (Å²) in [6.45, 7) is 6.68. The normalized spacial score (nSPS) is 12.4. The number of para-hydroxylation sites is 2. The van der Waals surface area contributed by atoms with Crippen molar-refractivity contribution in [1.82, 2.24) is 10.2 Å². The maximum atomic E-state index is 14.2. The summed E-state index contributed by atoms with van der Waals surface area (Å²) in [6.07, 6.45) is 0.277. The summed E-state index contributed by atoms with van der Waals surface area (Å²) < 4.78 is 34.4. The van der Waals surface area contributed by atoms with Crippen molar-refractivity contribution in [1.29, 1.82) is 0 Å². The molecule has 0 bridgehead atoms. The number of carbonyl (C=O) groups excluding carboxylic acids is 2. The number of carbonyl (C=O) groups is 2. The number of hydrogen-bond acceptors (Lipinski definition) is 5. The van der Waals surface area contributed by atoms with E-state index in [9.17, 15) is 18.0 Å². The molecule has 0 fully saturated rings. The third-order valence-electron chi connectivity index (χ3n) is 6.20. The summed E-state index contributed by atoms with van der Waals surface area (Å²) in [6, 6.07) is 18.3. The van der Waals surface area contributed by atoms with E-state index in [1.54, 1.807) is 67.6 Å². The molecule has 1 N–H and O–H groups in total. The van der Waals surface area contributed by atoms with Crippen molar-refractivity contribution < 1.29 is 22.7 Å². The summed E-state index contributed by atoms with van der Waals surface area (Å²) in [7, 11) is -2.80. The van der Waals surface area contributed by atoms with Crippen LogP contribution in [0.4, 0.5) is 5.69 Å². The highest BCUT2D eigenvalue weighted by molar-refractivity contribution is 7.92. The van der Waals surface area contributed by atoms with Gasteiger partial charge in [0, 0.05) is 22.1 Å². The number of benzene rings is 3. The van der Waals surface area contributed by atoms with Gasteiger partial charge in [0.15, 0.2) is 0 Å². The number of rotatable bonds is 11. The molecule has 0 aliphatic heterocycles. The molecule has 11 heteroatoms. The van der Waals surface area contributed by atoms with Crippen LogP contribution in [0.25, 0.3) is 0 Å². The van der Waals surface area contributed by atoms with Crippen molar-refractivity contribution in [3.8, 4) is 5.75 Å². The van der Waals surface area contributed by atoms with Crippen LogP contribution in [0, 0.1) is 0 Å². The van der Waals surface area contributed by atoms with Crippen LogP contribution in [0.15, 0.2) is 77.7 Å². The predicted octanol–water partition coefficient (Wildman–Crippen LogP) is 5.92. The van der Waals surface area contributed by atoms with Gasteiger partial charge in [-0.2, -0.15) is 0 Å². The van der Waals surface area contributed by atoms with E-state index in [0.717, 1.165) is 4.31 Å². The largest absolute Gasteiger partial charge is 0.495 e. The van der Waals surface area contributed by atoms with E-state index in [-0.39, 0.29) is 35.2 Å². The molecular formula is C30H35Cl2N3O5S. The lowest BCUT2D eigenvalue weighted by Crippen LogP contribution is -2.55. The highest BCUT2D eigenvalue weighted by Crippen LogP contribution is 2.33. The number of hydrogen-bond donors (Lipinski definition) is 1. The molecule has 0 aliphatic rings. The highest BCUT2D eigenvalue weighted by Gasteiger charge is 2.35. The van der Waals surface area contributed by atoms with Crippen LogP contribution < -0.4 is 14.4 Å². The maximum absolute atomic E-state index is 14.2. The molecule has 0 aliphatic carbocycles. The van der Waals surface area contributed by atoms with E-state index >= 15 is 0 Å². The number of methoxy groups -OCH3 is 1. The number of ether oxygens (including phenoxy) is 1. The number of nitrogens with one attached hydrogen (secondary N) is 1. The fourth-order valence-electron chi connectivity index (χ4n) is 4.27. The van der Waals surface area contributed by atoms with Crippen LogP contribution >= 0.6 is 23.2 Å². The third kappa shape index (κ3) is 8.15. The van der Waals surface area contributed by atoms with Gasteiger partial charge in [0.05, 0.1) is 17.7 Å². The molecule has 8 nitrogen and oxygen atoms in total. The Hall–Kier alpha value is -3.27. The second-order valence-electron chi connectivity index (χ2n) is 10.4. The van der Waals surface area contributed by atoms with Gasteiger partial charge in [-0.25, -0.2) is 8.42 Å². The minimum absolute atomic E-state index is 0.00326. The van der Waals surface area contributed by atoms with Crippen LogP contribution in [0.5, 0.6) is 5.75 Å². The third-order valence-corrected chi connectivity index (χ3v) is 8.56. The maximum Gasteiger partial charge on any atom is 0.264 e. The molecule has 220 valence electrons. The van der Waals surface area contributed by atoms with Gasteiger partial charge in [0.1, 0.15) is 18.3 Å². The molecule has 0 aromatic heterocycles. The minimum atomic E-state index is -4.22. The first-order chi connectivity index (χ1) is 19.3. The van der Waals surface area contributed by atoms with E-state index in [1.807, 2.05) is 20.8 Å². The van der Waals surface area contributed by atoms with Crippen LogP contribution in [-0.4, -0.2) is 50.4 Å². The van der Waals surface area contributed by atoms with Gasteiger partial charge in [-0.05, 0) is 69.2 Å². The van der Waals surface area contributed by atoms with Gasteiger partial charge in [-0.15, -0.1) is 0 Å². The lowest BCUT2D eigenvalue weighted by Gasteiger charge is -2.35. The average molecular weight is 621 g/mol. The monoisotopic (exact) mass is 619 g/mol. The molecule has 0 saturated heterocycles. The Kier molecular flexibility index (Phi) is 10.7. The van der Waals surface area contributed by atoms with Crippen LogP contribution in [0.1, 0.15) is 39.7 Å². The molecular weight excluding hydrogens is 585 g/mol. The quantitative estimate of drug-likeness (QED) is 0.287. The Morgan fingerprint density at radius 1 is 0.976 bits per heavy atom. The smallest absolute Gasteiger partial charge is 0.264 e. The molecule has 41 heavy (non-hydrogen) atoms. The SMILES string of the molecule is CC[C@H](C(=O)NC(C)(C)C)N(Cc1ccc(Cl)cc1Cl)C(=O)CN(c1ccccc1OC)S(=O)(=O)c1ccccc1. The Labute approximate surface area is 252 Å². The molecule has 0 heterocycles. The van der Waals surface area contributed by atoms with E-state index in [0.29, 0.717) is 15.6 Å².